The maximum Gasteiger partial charge on any atom is 0.417 e. The topological polar surface area (TPSA) is 75.7 Å². The molecule has 0 saturated carbocycles. The summed E-state index contributed by atoms with van der Waals surface area (Å²) in [5.41, 5.74) is -0.727. The first-order valence-corrected chi connectivity index (χ1v) is 12.2. The lowest BCUT2D eigenvalue weighted by Gasteiger charge is -2.19. The summed E-state index contributed by atoms with van der Waals surface area (Å²) in [7, 11) is 2.99. The summed E-state index contributed by atoms with van der Waals surface area (Å²) in [6.07, 6.45) is -4.98. The van der Waals surface area contributed by atoms with E-state index in [9.17, 15) is 27.6 Å². The number of esters is 1. The number of ether oxygens (including phenoxy) is 1. The Morgan fingerprint density at radius 2 is 1.48 bits per heavy atom. The number of rotatable bonds is 7. The van der Waals surface area contributed by atoms with Crippen molar-refractivity contribution in [2.75, 3.05) is 19.4 Å². The molecule has 4 aromatic carbocycles. The predicted molar refractivity (Wildman–Crippen MR) is 145 cm³/mol. The van der Waals surface area contributed by atoms with Crippen LogP contribution in [0.15, 0.2) is 97.1 Å². The molecule has 40 heavy (non-hydrogen) atoms. The highest BCUT2D eigenvalue weighted by Gasteiger charge is 2.37. The van der Waals surface area contributed by atoms with Gasteiger partial charge in [-0.2, -0.15) is 13.2 Å². The highest BCUT2D eigenvalue weighted by atomic mass is 19.4. The van der Waals surface area contributed by atoms with E-state index in [1.54, 1.807) is 60.7 Å². The Balaban J connectivity index is 1.70. The van der Waals surface area contributed by atoms with Crippen LogP contribution in [0.5, 0.6) is 5.75 Å². The maximum atomic E-state index is 14.0. The van der Waals surface area contributed by atoms with Gasteiger partial charge in [0, 0.05) is 14.1 Å². The van der Waals surface area contributed by atoms with Gasteiger partial charge in [-0.3, -0.25) is 14.4 Å². The van der Waals surface area contributed by atoms with Crippen LogP contribution < -0.4 is 10.1 Å². The van der Waals surface area contributed by atoms with Crippen molar-refractivity contribution in [2.24, 2.45) is 0 Å². The second kappa shape index (κ2) is 11.9. The number of carbonyl (C=O) groups is 3. The number of carbonyl (C=O) groups excluding carboxylic acids is 3. The average molecular weight is 547 g/mol. The van der Waals surface area contributed by atoms with Crippen molar-refractivity contribution < 1.29 is 32.3 Å². The SMILES string of the molecule is CN(C)C(=O)c1cc(CC(=O)Oc2ccccc2)ccc1NC(=O)c1c(-c2ccccc2)cccc1C(F)(F)F. The molecule has 0 bridgehead atoms. The number of hydrogen-bond donors (Lipinski definition) is 1. The molecule has 2 amide bonds. The van der Waals surface area contributed by atoms with Gasteiger partial charge in [0.2, 0.25) is 0 Å². The summed E-state index contributed by atoms with van der Waals surface area (Å²) in [5.74, 6) is -1.76. The molecule has 0 aliphatic rings. The number of benzene rings is 4. The molecule has 0 heterocycles. The number of nitrogens with zero attached hydrogens (tertiary/aromatic N) is 1. The van der Waals surface area contributed by atoms with E-state index in [0.717, 1.165) is 6.07 Å². The number of halogens is 3. The Labute approximate surface area is 229 Å². The van der Waals surface area contributed by atoms with Gasteiger partial charge in [0.05, 0.1) is 28.8 Å². The van der Waals surface area contributed by atoms with Crippen LogP contribution >= 0.6 is 0 Å². The van der Waals surface area contributed by atoms with Crippen molar-refractivity contribution in [2.45, 2.75) is 12.6 Å². The van der Waals surface area contributed by atoms with E-state index >= 15 is 0 Å². The van der Waals surface area contributed by atoms with Gasteiger partial charge in [0.1, 0.15) is 5.75 Å². The zero-order chi connectivity index (χ0) is 28.9. The number of nitrogens with one attached hydrogen (secondary N) is 1. The fourth-order valence-corrected chi connectivity index (χ4v) is 4.13. The Kier molecular flexibility index (Phi) is 8.33. The molecular weight excluding hydrogens is 521 g/mol. The molecule has 0 spiro atoms. The van der Waals surface area contributed by atoms with Crippen LogP contribution in [0.4, 0.5) is 18.9 Å². The smallest absolute Gasteiger partial charge is 0.417 e. The normalized spacial score (nSPS) is 11.0. The van der Waals surface area contributed by atoms with Crippen molar-refractivity contribution in [3.05, 3.63) is 119 Å². The number of amides is 2. The van der Waals surface area contributed by atoms with Gasteiger partial charge in [-0.1, -0.05) is 66.7 Å². The van der Waals surface area contributed by atoms with Gasteiger partial charge in [0.15, 0.2) is 0 Å². The molecule has 1 N–H and O–H groups in total. The molecule has 4 rings (SSSR count). The largest absolute Gasteiger partial charge is 0.426 e. The van der Waals surface area contributed by atoms with Gasteiger partial charge in [0.25, 0.3) is 11.8 Å². The third-order valence-corrected chi connectivity index (χ3v) is 5.97. The molecule has 0 saturated heterocycles. The Morgan fingerprint density at radius 3 is 2.10 bits per heavy atom. The van der Waals surface area contributed by atoms with E-state index in [2.05, 4.69) is 5.32 Å². The quantitative estimate of drug-likeness (QED) is 0.213. The summed E-state index contributed by atoms with van der Waals surface area (Å²) in [4.78, 5) is 40.2. The lowest BCUT2D eigenvalue weighted by molar-refractivity contribution is -0.138. The van der Waals surface area contributed by atoms with Crippen LogP contribution in [-0.4, -0.2) is 36.8 Å². The average Bonchev–Trinajstić information content (AvgIpc) is 2.93. The summed E-state index contributed by atoms with van der Waals surface area (Å²) in [6.45, 7) is 0. The van der Waals surface area contributed by atoms with E-state index in [0.29, 0.717) is 16.9 Å². The minimum Gasteiger partial charge on any atom is -0.426 e. The van der Waals surface area contributed by atoms with Gasteiger partial charge >= 0.3 is 12.1 Å². The third-order valence-electron chi connectivity index (χ3n) is 5.97. The number of anilines is 1. The van der Waals surface area contributed by atoms with E-state index in [1.165, 1.54) is 49.3 Å². The molecule has 9 heteroatoms. The van der Waals surface area contributed by atoms with Crippen LogP contribution in [0.2, 0.25) is 0 Å². The second-order valence-corrected chi connectivity index (χ2v) is 9.09. The standard InChI is InChI=1S/C31H25F3N2O4/c1-36(2)30(39)24-18-20(19-27(37)40-22-12-7-4-8-13-22)16-17-26(24)35-29(38)28-23(21-10-5-3-6-11-21)14-9-15-25(28)31(32,33)34/h3-18H,19H2,1-2H3,(H,35,38). The summed E-state index contributed by atoms with van der Waals surface area (Å²) >= 11 is 0. The Morgan fingerprint density at radius 1 is 0.825 bits per heavy atom. The Hall–Kier alpha value is -4.92. The monoisotopic (exact) mass is 546 g/mol. The zero-order valence-corrected chi connectivity index (χ0v) is 21.7. The molecule has 0 aromatic heterocycles. The van der Waals surface area contributed by atoms with E-state index in [-0.39, 0.29) is 23.2 Å². The van der Waals surface area contributed by atoms with Crippen molar-refractivity contribution in [1.29, 1.82) is 0 Å². The van der Waals surface area contributed by atoms with Gasteiger partial charge in [-0.25, -0.2) is 0 Å². The minimum atomic E-state index is -4.80. The van der Waals surface area contributed by atoms with Crippen LogP contribution in [0, 0.1) is 0 Å². The van der Waals surface area contributed by atoms with Crippen LogP contribution in [0.1, 0.15) is 31.8 Å². The number of alkyl halides is 3. The first-order chi connectivity index (χ1) is 19.0. The summed E-state index contributed by atoms with van der Waals surface area (Å²) < 4.78 is 47.3. The molecule has 0 atom stereocenters. The van der Waals surface area contributed by atoms with Gasteiger partial charge < -0.3 is 15.0 Å². The number of para-hydroxylation sites is 1. The lowest BCUT2D eigenvalue weighted by Crippen LogP contribution is -2.25. The Bertz CT molecular complexity index is 1540. The molecular formula is C31H25F3N2O4. The first-order valence-electron chi connectivity index (χ1n) is 12.2. The fourth-order valence-electron chi connectivity index (χ4n) is 4.13. The van der Waals surface area contributed by atoms with Crippen LogP contribution in [0.3, 0.4) is 0 Å². The lowest BCUT2D eigenvalue weighted by atomic mass is 9.94. The fraction of sp³-hybridized carbons (Fsp3) is 0.129. The van der Waals surface area contributed by atoms with Crippen molar-refractivity contribution in [1.82, 2.24) is 4.90 Å². The van der Waals surface area contributed by atoms with E-state index in [4.69, 9.17) is 4.74 Å². The van der Waals surface area contributed by atoms with Crippen LogP contribution in [-0.2, 0) is 17.4 Å². The second-order valence-electron chi connectivity index (χ2n) is 9.09. The molecule has 0 aliphatic heterocycles. The molecule has 4 aromatic rings. The highest BCUT2D eigenvalue weighted by molar-refractivity contribution is 6.12. The van der Waals surface area contributed by atoms with Crippen molar-refractivity contribution in [3.63, 3.8) is 0 Å². The molecule has 0 unspecified atom stereocenters. The molecule has 0 aliphatic carbocycles. The predicted octanol–water partition coefficient (Wildman–Crippen LogP) is 6.47. The first kappa shape index (κ1) is 28.1. The maximum absolute atomic E-state index is 14.0. The van der Waals surface area contributed by atoms with Gasteiger partial charge in [-0.15, -0.1) is 0 Å². The summed E-state index contributed by atoms with van der Waals surface area (Å²) in [6, 6.07) is 24.5. The van der Waals surface area contributed by atoms with E-state index in [1.807, 2.05) is 0 Å². The zero-order valence-electron chi connectivity index (χ0n) is 21.7. The molecule has 204 valence electrons. The number of hydrogen-bond acceptors (Lipinski definition) is 4. The highest BCUT2D eigenvalue weighted by Crippen LogP contribution is 2.37. The molecule has 6 nitrogen and oxygen atoms in total. The minimum absolute atomic E-state index is 0.000124. The van der Waals surface area contributed by atoms with E-state index < -0.39 is 35.1 Å². The van der Waals surface area contributed by atoms with Crippen LogP contribution in [0.25, 0.3) is 11.1 Å². The molecule has 0 radical (unpaired) electrons. The molecule has 0 fully saturated rings. The van der Waals surface area contributed by atoms with Crippen molar-refractivity contribution >= 4 is 23.5 Å². The van der Waals surface area contributed by atoms with Crippen molar-refractivity contribution in [3.8, 4) is 16.9 Å². The third kappa shape index (κ3) is 6.55. The van der Waals surface area contributed by atoms with Gasteiger partial charge in [-0.05, 0) is 47.0 Å². The summed E-state index contributed by atoms with van der Waals surface area (Å²) in [5, 5.41) is 2.50.